The molecule has 2 rings (SSSR count). The van der Waals surface area contributed by atoms with E-state index < -0.39 is 24.0 Å². The molecule has 3 N–H and O–H groups in total. The second-order valence-electron chi connectivity index (χ2n) is 7.06. The monoisotopic (exact) mass is 373 g/mol. The van der Waals surface area contributed by atoms with Crippen molar-refractivity contribution in [3.8, 4) is 0 Å². The molecule has 0 bridgehead atoms. The lowest BCUT2D eigenvalue weighted by Crippen LogP contribution is -2.52. The minimum Gasteiger partial charge on any atom is -0.480 e. The Morgan fingerprint density at radius 2 is 1.81 bits per heavy atom. The highest BCUT2D eigenvalue weighted by molar-refractivity contribution is 6.01. The zero-order valence-electron chi connectivity index (χ0n) is 16.4. The van der Waals surface area contributed by atoms with Crippen LogP contribution >= 0.6 is 0 Å². The van der Waals surface area contributed by atoms with Gasteiger partial charge in [0, 0.05) is 18.0 Å². The Kier molecular flexibility index (Phi) is 6.25. The molecule has 0 saturated carbocycles. The summed E-state index contributed by atoms with van der Waals surface area (Å²) in [7, 11) is 1.79. The van der Waals surface area contributed by atoms with E-state index in [1.54, 1.807) is 24.6 Å². The standard InChI is InChI=1S/C20H27N3O4/c1-6-12(3)17(20(26)27)22-18(24)13(4)21-19(25)16-10-14-9-11(2)7-8-15(14)23(16)5/h7-10,12-13,17H,6H2,1-5H3,(H,21,25)(H,22,24)(H,26,27). The van der Waals surface area contributed by atoms with E-state index >= 15 is 0 Å². The Balaban J connectivity index is 2.12. The SMILES string of the molecule is CCC(C)C(NC(=O)C(C)NC(=O)c1cc2cc(C)ccc2n1C)C(=O)O. The van der Waals surface area contributed by atoms with E-state index in [4.69, 9.17) is 0 Å². The van der Waals surface area contributed by atoms with E-state index in [-0.39, 0.29) is 11.8 Å². The van der Waals surface area contributed by atoms with Gasteiger partial charge in [-0.05, 0) is 38.0 Å². The maximum absolute atomic E-state index is 12.6. The molecular formula is C20H27N3O4. The number of rotatable bonds is 7. The molecule has 27 heavy (non-hydrogen) atoms. The number of benzene rings is 1. The fourth-order valence-corrected chi connectivity index (χ4v) is 2.98. The molecule has 7 nitrogen and oxygen atoms in total. The Labute approximate surface area is 158 Å². The highest BCUT2D eigenvalue weighted by Gasteiger charge is 2.28. The molecule has 1 aromatic carbocycles. The van der Waals surface area contributed by atoms with Crippen molar-refractivity contribution in [3.05, 3.63) is 35.5 Å². The lowest BCUT2D eigenvalue weighted by molar-refractivity contribution is -0.143. The molecule has 2 amide bonds. The molecule has 0 saturated heterocycles. The van der Waals surface area contributed by atoms with Crippen LogP contribution in [0.1, 0.15) is 43.2 Å². The largest absolute Gasteiger partial charge is 0.480 e. The van der Waals surface area contributed by atoms with E-state index in [0.29, 0.717) is 12.1 Å². The molecule has 0 aliphatic rings. The summed E-state index contributed by atoms with van der Waals surface area (Å²) in [5, 5.41) is 15.4. The van der Waals surface area contributed by atoms with Gasteiger partial charge >= 0.3 is 5.97 Å². The van der Waals surface area contributed by atoms with Crippen LogP contribution in [-0.2, 0) is 16.6 Å². The molecule has 7 heteroatoms. The summed E-state index contributed by atoms with van der Waals surface area (Å²) in [6.45, 7) is 7.14. The Bertz CT molecular complexity index is 871. The number of carbonyl (C=O) groups is 3. The molecule has 0 fully saturated rings. The maximum atomic E-state index is 12.6. The van der Waals surface area contributed by atoms with Gasteiger partial charge in [0.25, 0.3) is 5.91 Å². The summed E-state index contributed by atoms with van der Waals surface area (Å²) in [4.78, 5) is 36.3. The molecule has 2 aromatic rings. The van der Waals surface area contributed by atoms with Crippen LogP contribution < -0.4 is 10.6 Å². The summed E-state index contributed by atoms with van der Waals surface area (Å²) >= 11 is 0. The zero-order chi connectivity index (χ0) is 20.3. The average Bonchev–Trinajstić information content (AvgIpc) is 2.94. The van der Waals surface area contributed by atoms with Crippen molar-refractivity contribution in [1.82, 2.24) is 15.2 Å². The summed E-state index contributed by atoms with van der Waals surface area (Å²) in [5.41, 5.74) is 2.45. The van der Waals surface area contributed by atoms with Crippen LogP contribution in [0.2, 0.25) is 0 Å². The number of amides is 2. The first-order valence-electron chi connectivity index (χ1n) is 9.05. The number of carbonyl (C=O) groups excluding carboxylic acids is 2. The third-order valence-electron chi connectivity index (χ3n) is 4.95. The second kappa shape index (κ2) is 8.24. The summed E-state index contributed by atoms with van der Waals surface area (Å²) in [6, 6.07) is 5.85. The van der Waals surface area contributed by atoms with Crippen LogP contribution in [0.15, 0.2) is 24.3 Å². The van der Waals surface area contributed by atoms with Gasteiger partial charge in [0.05, 0.1) is 0 Å². The first-order valence-corrected chi connectivity index (χ1v) is 9.05. The number of nitrogens with one attached hydrogen (secondary N) is 2. The van der Waals surface area contributed by atoms with Gasteiger partial charge in [-0.3, -0.25) is 9.59 Å². The van der Waals surface area contributed by atoms with Gasteiger partial charge in [0.15, 0.2) is 0 Å². The van der Waals surface area contributed by atoms with E-state index in [1.807, 2.05) is 32.0 Å². The molecule has 3 atom stereocenters. The van der Waals surface area contributed by atoms with Crippen molar-refractivity contribution in [1.29, 1.82) is 0 Å². The highest BCUT2D eigenvalue weighted by atomic mass is 16.4. The molecule has 0 aliphatic carbocycles. The fourth-order valence-electron chi connectivity index (χ4n) is 2.98. The van der Waals surface area contributed by atoms with Crippen LogP contribution in [0.25, 0.3) is 10.9 Å². The predicted octanol–water partition coefficient (Wildman–Crippen LogP) is 2.22. The number of fused-ring (bicyclic) bond motifs is 1. The molecule has 0 radical (unpaired) electrons. The third kappa shape index (κ3) is 4.48. The van der Waals surface area contributed by atoms with Crippen LogP contribution in [0.3, 0.4) is 0 Å². The number of aryl methyl sites for hydroxylation is 2. The molecule has 0 spiro atoms. The quantitative estimate of drug-likeness (QED) is 0.693. The van der Waals surface area contributed by atoms with Gasteiger partial charge in [0.1, 0.15) is 17.8 Å². The van der Waals surface area contributed by atoms with Gasteiger partial charge in [-0.1, -0.05) is 31.9 Å². The molecule has 3 unspecified atom stereocenters. The number of carboxylic acid groups (broad SMARTS) is 1. The lowest BCUT2D eigenvalue weighted by Gasteiger charge is -2.22. The van der Waals surface area contributed by atoms with Gasteiger partial charge < -0.3 is 20.3 Å². The first kappa shape index (κ1) is 20.5. The molecule has 1 aromatic heterocycles. The van der Waals surface area contributed by atoms with E-state index in [0.717, 1.165) is 16.5 Å². The van der Waals surface area contributed by atoms with E-state index in [9.17, 15) is 19.5 Å². The molecular weight excluding hydrogens is 346 g/mol. The molecule has 1 heterocycles. The van der Waals surface area contributed by atoms with Crippen molar-refractivity contribution in [2.45, 2.75) is 46.2 Å². The van der Waals surface area contributed by atoms with Crippen LogP contribution in [0.4, 0.5) is 0 Å². The normalized spacial score (nSPS) is 14.4. The van der Waals surface area contributed by atoms with Gasteiger partial charge in [-0.2, -0.15) is 0 Å². The minimum atomic E-state index is -1.08. The number of nitrogens with zero attached hydrogens (tertiary/aromatic N) is 1. The Morgan fingerprint density at radius 1 is 1.15 bits per heavy atom. The molecule has 146 valence electrons. The maximum Gasteiger partial charge on any atom is 0.326 e. The fraction of sp³-hybridized carbons (Fsp3) is 0.450. The number of hydrogen-bond acceptors (Lipinski definition) is 3. The Hall–Kier alpha value is -2.83. The predicted molar refractivity (Wildman–Crippen MR) is 104 cm³/mol. The van der Waals surface area contributed by atoms with Crippen LogP contribution in [-0.4, -0.2) is 39.5 Å². The van der Waals surface area contributed by atoms with Crippen molar-refractivity contribution in [2.75, 3.05) is 0 Å². The summed E-state index contributed by atoms with van der Waals surface area (Å²) < 4.78 is 1.77. The molecule has 0 aliphatic heterocycles. The van der Waals surface area contributed by atoms with Gasteiger partial charge in [-0.15, -0.1) is 0 Å². The summed E-state index contributed by atoms with van der Waals surface area (Å²) in [6.07, 6.45) is 0.618. The van der Waals surface area contributed by atoms with Crippen molar-refractivity contribution >= 4 is 28.7 Å². The topological polar surface area (TPSA) is 100 Å². The second-order valence-corrected chi connectivity index (χ2v) is 7.06. The smallest absolute Gasteiger partial charge is 0.326 e. The van der Waals surface area contributed by atoms with Crippen molar-refractivity contribution < 1.29 is 19.5 Å². The third-order valence-corrected chi connectivity index (χ3v) is 4.95. The van der Waals surface area contributed by atoms with Crippen molar-refractivity contribution in [3.63, 3.8) is 0 Å². The summed E-state index contributed by atoms with van der Waals surface area (Å²) in [5.74, 6) is -2.20. The highest BCUT2D eigenvalue weighted by Crippen LogP contribution is 2.20. The first-order chi connectivity index (χ1) is 12.6. The van der Waals surface area contributed by atoms with Crippen molar-refractivity contribution in [2.24, 2.45) is 13.0 Å². The number of hydrogen-bond donors (Lipinski definition) is 3. The Morgan fingerprint density at radius 3 is 2.41 bits per heavy atom. The number of aromatic nitrogens is 1. The van der Waals surface area contributed by atoms with Gasteiger partial charge in [-0.25, -0.2) is 4.79 Å². The zero-order valence-corrected chi connectivity index (χ0v) is 16.4. The van der Waals surface area contributed by atoms with E-state index in [1.165, 1.54) is 6.92 Å². The average molecular weight is 373 g/mol. The van der Waals surface area contributed by atoms with Gasteiger partial charge in [0.2, 0.25) is 5.91 Å². The minimum absolute atomic E-state index is 0.212. The van der Waals surface area contributed by atoms with E-state index in [2.05, 4.69) is 10.6 Å². The van der Waals surface area contributed by atoms with Crippen LogP contribution in [0, 0.1) is 12.8 Å². The lowest BCUT2D eigenvalue weighted by atomic mass is 9.99. The van der Waals surface area contributed by atoms with Crippen LogP contribution in [0.5, 0.6) is 0 Å². The number of aliphatic carboxylic acids is 1. The number of carboxylic acids is 1.